The molecule has 3 nitrogen and oxygen atoms in total. The van der Waals surface area contributed by atoms with Crippen LogP contribution < -0.4 is 0 Å². The smallest absolute Gasteiger partial charge is 0.373 e. The zero-order chi connectivity index (χ0) is 25.3. The molecule has 0 spiro atoms. The molecule has 0 aromatic rings. The van der Waals surface area contributed by atoms with Crippen LogP contribution in [0.5, 0.6) is 0 Å². The van der Waals surface area contributed by atoms with E-state index >= 15 is 0 Å². The summed E-state index contributed by atoms with van der Waals surface area (Å²) in [6, 6.07) is 0. The molecule has 0 aliphatic carbocycles. The molecule has 0 fully saturated rings. The van der Waals surface area contributed by atoms with E-state index in [1.54, 1.807) is 0 Å². The first kappa shape index (κ1) is 30.1. The van der Waals surface area contributed by atoms with Gasteiger partial charge in [-0.25, -0.2) is 4.39 Å². The minimum atomic E-state index is -7.66. The fraction of sp³-hybridized carbons (Fsp3) is 1.00. The minimum absolute atomic E-state index is 0.187. The van der Waals surface area contributed by atoms with E-state index < -0.39 is 69.7 Å². The lowest BCUT2D eigenvalue weighted by Crippen LogP contribution is -2.76. The number of hydrogen-bond donors (Lipinski definition) is 0. The van der Waals surface area contributed by atoms with Crippen molar-refractivity contribution in [3.63, 3.8) is 0 Å². The average molecular weight is 514 g/mol. The molecule has 18 heteroatoms. The average Bonchev–Trinajstić information content (AvgIpc) is 2.61. The summed E-state index contributed by atoms with van der Waals surface area (Å²) >= 11 is 0. The van der Waals surface area contributed by atoms with E-state index in [1.165, 1.54) is 0 Å². The fourth-order valence-electron chi connectivity index (χ4n) is 2.29. The number of hydrogen-bond acceptors (Lipinski definition) is 3. The summed E-state index contributed by atoms with van der Waals surface area (Å²) < 4.78 is 199. The van der Waals surface area contributed by atoms with Gasteiger partial charge in [0.15, 0.2) is 6.17 Å². The van der Waals surface area contributed by atoms with Gasteiger partial charge in [0.2, 0.25) is 0 Å². The maximum Gasteiger partial charge on any atom is 0.581 e. The van der Waals surface area contributed by atoms with Crippen LogP contribution in [0.15, 0.2) is 0 Å². The molecule has 188 valence electrons. The van der Waals surface area contributed by atoms with Crippen molar-refractivity contribution in [1.29, 1.82) is 0 Å². The van der Waals surface area contributed by atoms with E-state index in [0.29, 0.717) is 0 Å². The van der Waals surface area contributed by atoms with Crippen molar-refractivity contribution in [3.05, 3.63) is 0 Å². The van der Waals surface area contributed by atoms with Crippen LogP contribution in [-0.2, 0) is 13.3 Å². The van der Waals surface area contributed by atoms with Gasteiger partial charge in [-0.1, -0.05) is 0 Å². The first-order chi connectivity index (χ1) is 13.6. The number of halogens is 14. The van der Waals surface area contributed by atoms with Gasteiger partial charge in [0.25, 0.3) is 0 Å². The second kappa shape index (κ2) is 9.16. The van der Waals surface area contributed by atoms with Crippen molar-refractivity contribution in [3.8, 4) is 0 Å². The number of alkyl halides is 14. The second-order valence-corrected chi connectivity index (χ2v) is 9.03. The molecule has 1 atom stereocenters. The SMILES string of the molecule is CO[Si](OC)(OC)C(F)(F)C(F)(F)C(F)(F)C(F)(F)C(F)(F)C(F)CCCC(F)(F)F. The van der Waals surface area contributed by atoms with Gasteiger partial charge >= 0.3 is 44.2 Å². The molecule has 0 aliphatic rings. The zero-order valence-corrected chi connectivity index (χ0v) is 16.7. The van der Waals surface area contributed by atoms with Gasteiger partial charge in [0.1, 0.15) is 0 Å². The standard InChI is InChI=1S/C13H16F14O3Si/c1-28-31(29-2,30-3)13(26,27)12(24,25)11(22,23)10(20,21)9(18,19)7(14)5-4-6-8(15,16)17/h7H,4-6H2,1-3H3. The van der Waals surface area contributed by atoms with Crippen molar-refractivity contribution >= 4 is 8.80 Å². The molecule has 0 heterocycles. The molecular formula is C13H16F14O3Si. The van der Waals surface area contributed by atoms with E-state index in [1.807, 2.05) is 0 Å². The molecule has 31 heavy (non-hydrogen) atoms. The molecular weight excluding hydrogens is 498 g/mol. The molecule has 0 saturated carbocycles. The van der Waals surface area contributed by atoms with Crippen molar-refractivity contribution in [1.82, 2.24) is 0 Å². The Kier molecular flexibility index (Phi) is 8.90. The molecule has 0 aliphatic heterocycles. The molecule has 0 rings (SSSR count). The Morgan fingerprint density at radius 1 is 0.645 bits per heavy atom. The highest BCUT2D eigenvalue weighted by Gasteiger charge is 2.92. The third-order valence-electron chi connectivity index (χ3n) is 4.10. The Morgan fingerprint density at radius 2 is 1.03 bits per heavy atom. The topological polar surface area (TPSA) is 27.7 Å². The Balaban J connectivity index is 6.19. The largest absolute Gasteiger partial charge is 0.581 e. The molecule has 0 saturated heterocycles. The van der Waals surface area contributed by atoms with Gasteiger partial charge in [0.05, 0.1) is 0 Å². The normalized spacial score (nSPS) is 16.5. The van der Waals surface area contributed by atoms with Gasteiger partial charge in [-0.2, -0.15) is 57.1 Å². The lowest BCUT2D eigenvalue weighted by atomic mass is 9.93. The Hall–Kier alpha value is -0.883. The van der Waals surface area contributed by atoms with Crippen molar-refractivity contribution < 1.29 is 74.7 Å². The molecule has 0 bridgehead atoms. The third kappa shape index (κ3) is 4.90. The van der Waals surface area contributed by atoms with Crippen LogP contribution in [-0.4, -0.2) is 71.7 Å². The van der Waals surface area contributed by atoms with Crippen molar-refractivity contribution in [2.24, 2.45) is 0 Å². The predicted octanol–water partition coefficient (Wildman–Crippen LogP) is 5.65. The molecule has 0 amide bonds. The minimum Gasteiger partial charge on any atom is -0.373 e. The highest BCUT2D eigenvalue weighted by Crippen LogP contribution is 2.60. The lowest BCUT2D eigenvalue weighted by Gasteiger charge is -2.43. The predicted molar refractivity (Wildman–Crippen MR) is 76.3 cm³/mol. The quantitative estimate of drug-likeness (QED) is 0.249. The van der Waals surface area contributed by atoms with Crippen LogP contribution >= 0.6 is 0 Å². The van der Waals surface area contributed by atoms with E-state index in [0.717, 1.165) is 0 Å². The zero-order valence-electron chi connectivity index (χ0n) is 15.7. The Morgan fingerprint density at radius 3 is 1.35 bits per heavy atom. The Bertz CT molecular complexity index is 582. The van der Waals surface area contributed by atoms with E-state index in [-0.39, 0.29) is 21.3 Å². The highest BCUT2D eigenvalue weighted by atomic mass is 28.4. The number of rotatable bonds is 12. The van der Waals surface area contributed by atoms with Crippen LogP contribution in [0.2, 0.25) is 0 Å². The summed E-state index contributed by atoms with van der Waals surface area (Å²) in [5.41, 5.74) is -6.46. The molecule has 0 aromatic carbocycles. The monoisotopic (exact) mass is 514 g/mol. The fourth-order valence-corrected chi connectivity index (χ4v) is 4.10. The molecule has 0 N–H and O–H groups in total. The van der Waals surface area contributed by atoms with Gasteiger partial charge in [0, 0.05) is 27.8 Å². The summed E-state index contributed by atoms with van der Waals surface area (Å²) in [7, 11) is -5.70. The van der Waals surface area contributed by atoms with Crippen molar-refractivity contribution in [2.45, 2.75) is 60.8 Å². The Labute approximate surface area is 167 Å². The van der Waals surface area contributed by atoms with E-state index in [4.69, 9.17) is 0 Å². The van der Waals surface area contributed by atoms with Gasteiger partial charge < -0.3 is 13.3 Å². The van der Waals surface area contributed by atoms with Crippen LogP contribution in [0.25, 0.3) is 0 Å². The third-order valence-corrected chi connectivity index (χ3v) is 6.80. The summed E-state index contributed by atoms with van der Waals surface area (Å²) in [6.07, 6.45) is -15.3. The lowest BCUT2D eigenvalue weighted by molar-refractivity contribution is -0.402. The van der Waals surface area contributed by atoms with Gasteiger partial charge in [-0.05, 0) is 12.8 Å². The van der Waals surface area contributed by atoms with Crippen LogP contribution in [0.4, 0.5) is 61.5 Å². The first-order valence-electron chi connectivity index (χ1n) is 7.81. The molecule has 0 radical (unpaired) electrons. The maximum atomic E-state index is 14.1. The highest BCUT2D eigenvalue weighted by molar-refractivity contribution is 6.63. The van der Waals surface area contributed by atoms with Gasteiger partial charge in [-0.15, -0.1) is 0 Å². The molecule has 0 aromatic heterocycles. The summed E-state index contributed by atoms with van der Waals surface area (Å²) in [6.45, 7) is 0. The van der Waals surface area contributed by atoms with Crippen LogP contribution in [0, 0.1) is 0 Å². The van der Waals surface area contributed by atoms with E-state index in [2.05, 4.69) is 13.3 Å². The molecule has 1 unspecified atom stereocenters. The summed E-state index contributed by atoms with van der Waals surface area (Å²) in [4.78, 5) is 0. The maximum absolute atomic E-state index is 14.1. The van der Waals surface area contributed by atoms with Crippen molar-refractivity contribution in [2.75, 3.05) is 21.3 Å². The second-order valence-electron chi connectivity index (χ2n) is 6.06. The first-order valence-corrected chi connectivity index (χ1v) is 9.54. The van der Waals surface area contributed by atoms with Crippen LogP contribution in [0.1, 0.15) is 19.3 Å². The van der Waals surface area contributed by atoms with Crippen LogP contribution in [0.3, 0.4) is 0 Å². The van der Waals surface area contributed by atoms with Gasteiger partial charge in [-0.3, -0.25) is 0 Å². The summed E-state index contributed by atoms with van der Waals surface area (Å²) in [5, 5.41) is 0. The summed E-state index contributed by atoms with van der Waals surface area (Å²) in [5.74, 6) is -29.3. The van der Waals surface area contributed by atoms with E-state index in [9.17, 15) is 61.5 Å².